The Balaban J connectivity index is 0.857. The predicted molar refractivity (Wildman–Crippen MR) is 177 cm³/mol. The number of amides is 2. The van der Waals surface area contributed by atoms with Gasteiger partial charge in [0.2, 0.25) is 5.91 Å². The van der Waals surface area contributed by atoms with Gasteiger partial charge in [0.1, 0.15) is 18.1 Å². The smallest absolute Gasteiger partial charge is 0.417 e. The zero-order valence-corrected chi connectivity index (χ0v) is 28.7. The minimum atomic E-state index is -4.72. The number of carbonyl (C=O) groups is 2. The van der Waals surface area contributed by atoms with E-state index in [0.717, 1.165) is 54.7 Å². The van der Waals surface area contributed by atoms with Crippen LogP contribution < -0.4 is 14.8 Å². The third-order valence-corrected chi connectivity index (χ3v) is 10.7. The fourth-order valence-electron chi connectivity index (χ4n) is 8.83. The quantitative estimate of drug-likeness (QED) is 0.223. The molecule has 50 heavy (non-hydrogen) atoms. The molecule has 5 fully saturated rings. The monoisotopic (exact) mass is 697 g/mol. The van der Waals surface area contributed by atoms with Crippen LogP contribution in [0.5, 0.6) is 11.5 Å². The van der Waals surface area contributed by atoms with E-state index in [2.05, 4.69) is 5.32 Å². The van der Waals surface area contributed by atoms with Crippen molar-refractivity contribution >= 4 is 11.8 Å². The van der Waals surface area contributed by atoms with Gasteiger partial charge in [-0.2, -0.15) is 18.4 Å². The number of halogens is 3. The maximum Gasteiger partial charge on any atom is 0.417 e. The number of likely N-dealkylation sites (tertiary alicyclic amines) is 1. The number of nitrogens with zero attached hydrogens (tertiary/aromatic N) is 2. The van der Waals surface area contributed by atoms with E-state index in [1.165, 1.54) is 25.3 Å². The van der Waals surface area contributed by atoms with Gasteiger partial charge < -0.3 is 29.2 Å². The van der Waals surface area contributed by atoms with Crippen molar-refractivity contribution in [1.82, 2.24) is 10.2 Å². The van der Waals surface area contributed by atoms with Gasteiger partial charge in [-0.25, -0.2) is 0 Å². The first-order valence-corrected chi connectivity index (χ1v) is 17.6. The fraction of sp³-hybridized carbons (Fsp3) is 0.605. The molecule has 7 rings (SSSR count). The number of nitrogens with one attached hydrogen (secondary N) is 1. The average Bonchev–Trinajstić information content (AvgIpc) is 3.27. The van der Waals surface area contributed by atoms with Crippen molar-refractivity contribution in [1.29, 1.82) is 5.26 Å². The van der Waals surface area contributed by atoms with Crippen LogP contribution in [0.1, 0.15) is 69.1 Å². The van der Waals surface area contributed by atoms with Gasteiger partial charge in [-0.1, -0.05) is 26.0 Å². The number of hydrogen-bond donors (Lipinski definition) is 1. The Kier molecular flexibility index (Phi) is 10.7. The van der Waals surface area contributed by atoms with Crippen molar-refractivity contribution in [3.63, 3.8) is 0 Å². The SMILES string of the molecule is CC1(C)CN(Cc2ccc(OCCOCCOCCNC(=O)C34CC5CC(CC(C5)C3)C4)cc2)C(=O)[C@@H]1Oc1ccc(C#N)c(C(F)(F)F)c1. The molecule has 1 aliphatic heterocycles. The third-order valence-electron chi connectivity index (χ3n) is 10.7. The van der Waals surface area contributed by atoms with Gasteiger partial charge in [-0.05, 0) is 92.2 Å². The van der Waals surface area contributed by atoms with Gasteiger partial charge in [0.05, 0.1) is 43.6 Å². The number of alkyl halides is 3. The molecular weight excluding hydrogens is 651 g/mol. The van der Waals surface area contributed by atoms with Gasteiger partial charge in [0.25, 0.3) is 5.91 Å². The summed E-state index contributed by atoms with van der Waals surface area (Å²) < 4.78 is 63.2. The summed E-state index contributed by atoms with van der Waals surface area (Å²) in [6.07, 6.45) is 1.43. The van der Waals surface area contributed by atoms with E-state index < -0.39 is 28.8 Å². The van der Waals surface area contributed by atoms with Gasteiger partial charge in [0.15, 0.2) is 6.10 Å². The molecule has 1 N–H and O–H groups in total. The molecule has 1 heterocycles. The van der Waals surface area contributed by atoms with Gasteiger partial charge in [-0.15, -0.1) is 0 Å². The molecule has 9 nitrogen and oxygen atoms in total. The Bertz CT molecular complexity index is 1540. The maximum absolute atomic E-state index is 13.4. The Morgan fingerprint density at radius 3 is 2.14 bits per heavy atom. The topological polar surface area (TPSA) is 110 Å². The van der Waals surface area contributed by atoms with Crippen LogP contribution in [0, 0.1) is 39.9 Å². The molecule has 270 valence electrons. The van der Waals surface area contributed by atoms with Gasteiger partial charge >= 0.3 is 6.18 Å². The van der Waals surface area contributed by atoms with Crippen molar-refractivity contribution in [2.45, 2.75) is 71.2 Å². The molecule has 5 aliphatic rings. The molecule has 4 saturated carbocycles. The van der Waals surface area contributed by atoms with Crippen molar-refractivity contribution in [3.05, 3.63) is 59.2 Å². The molecule has 4 bridgehead atoms. The van der Waals surface area contributed by atoms with Crippen molar-refractivity contribution in [3.8, 4) is 17.6 Å². The molecule has 4 aliphatic carbocycles. The van der Waals surface area contributed by atoms with Crippen molar-refractivity contribution in [2.75, 3.05) is 46.1 Å². The van der Waals surface area contributed by atoms with Crippen LogP contribution in [0.15, 0.2) is 42.5 Å². The molecule has 2 aromatic rings. The summed E-state index contributed by atoms with van der Waals surface area (Å²) >= 11 is 0. The van der Waals surface area contributed by atoms with E-state index in [1.54, 1.807) is 11.0 Å². The molecule has 12 heteroatoms. The third kappa shape index (κ3) is 8.21. The van der Waals surface area contributed by atoms with Crippen molar-refractivity contribution in [2.24, 2.45) is 28.6 Å². The Morgan fingerprint density at radius 2 is 1.52 bits per heavy atom. The fourth-order valence-corrected chi connectivity index (χ4v) is 8.83. The van der Waals surface area contributed by atoms with Crippen LogP contribution in [-0.4, -0.2) is 68.9 Å². The summed E-state index contributed by atoms with van der Waals surface area (Å²) in [7, 11) is 0. The van der Waals surface area contributed by atoms with Gasteiger partial charge in [-0.3, -0.25) is 9.59 Å². The van der Waals surface area contributed by atoms with E-state index >= 15 is 0 Å². The molecular formula is C38H46F3N3O6. The molecule has 0 radical (unpaired) electrons. The Labute approximate surface area is 291 Å². The highest BCUT2D eigenvalue weighted by Gasteiger charge is 2.54. The summed E-state index contributed by atoms with van der Waals surface area (Å²) in [5, 5.41) is 12.2. The Hall–Kier alpha value is -3.82. The molecule has 1 saturated heterocycles. The van der Waals surface area contributed by atoms with Crippen LogP contribution in [0.25, 0.3) is 0 Å². The van der Waals surface area contributed by atoms with Crippen LogP contribution in [0.4, 0.5) is 13.2 Å². The summed E-state index contributed by atoms with van der Waals surface area (Å²) in [5.41, 5.74) is -1.54. The highest BCUT2D eigenvalue weighted by Crippen LogP contribution is 2.60. The molecule has 0 unspecified atom stereocenters. The lowest BCUT2D eigenvalue weighted by molar-refractivity contribution is -0.146. The first-order valence-electron chi connectivity index (χ1n) is 17.6. The highest BCUT2D eigenvalue weighted by atomic mass is 19.4. The second-order valence-electron chi connectivity index (χ2n) is 15.2. The summed E-state index contributed by atoms with van der Waals surface area (Å²) in [6.45, 7) is 6.89. The Morgan fingerprint density at radius 1 is 0.920 bits per heavy atom. The molecule has 2 aromatic carbocycles. The van der Waals surface area contributed by atoms with E-state index in [0.29, 0.717) is 58.4 Å². The van der Waals surface area contributed by atoms with E-state index in [4.69, 9.17) is 24.2 Å². The molecule has 0 aromatic heterocycles. The van der Waals surface area contributed by atoms with E-state index in [-0.39, 0.29) is 23.0 Å². The highest BCUT2D eigenvalue weighted by molar-refractivity contribution is 5.85. The van der Waals surface area contributed by atoms with E-state index in [1.807, 2.05) is 38.1 Å². The van der Waals surface area contributed by atoms with Crippen LogP contribution in [0.2, 0.25) is 0 Å². The van der Waals surface area contributed by atoms with Crippen LogP contribution in [-0.2, 0) is 31.8 Å². The molecule has 0 spiro atoms. The number of ether oxygens (including phenoxy) is 4. The first kappa shape index (κ1) is 36.0. The number of rotatable bonds is 15. The lowest BCUT2D eigenvalue weighted by Gasteiger charge is -2.55. The van der Waals surface area contributed by atoms with Gasteiger partial charge in [0, 0.05) is 30.5 Å². The van der Waals surface area contributed by atoms with Crippen LogP contribution in [0.3, 0.4) is 0 Å². The minimum Gasteiger partial charge on any atom is -0.491 e. The largest absolute Gasteiger partial charge is 0.491 e. The van der Waals surface area contributed by atoms with Crippen molar-refractivity contribution < 1.29 is 41.7 Å². The first-order chi connectivity index (χ1) is 23.8. The lowest BCUT2D eigenvalue weighted by Crippen LogP contribution is -2.53. The predicted octanol–water partition coefficient (Wildman–Crippen LogP) is 6.14. The number of carbonyl (C=O) groups excluding carboxylic acids is 2. The van der Waals surface area contributed by atoms with Crippen LogP contribution >= 0.6 is 0 Å². The normalized spacial score (nSPS) is 26.6. The molecule has 2 amide bonds. The minimum absolute atomic E-state index is 0.116. The second kappa shape index (κ2) is 14.8. The average molecular weight is 698 g/mol. The summed E-state index contributed by atoms with van der Waals surface area (Å²) in [4.78, 5) is 27.9. The number of benzene rings is 2. The maximum atomic E-state index is 13.4. The lowest BCUT2D eigenvalue weighted by atomic mass is 9.49. The molecule has 1 atom stereocenters. The number of hydrogen-bond acceptors (Lipinski definition) is 7. The zero-order valence-electron chi connectivity index (χ0n) is 28.7. The standard InChI is InChI=1S/C38H46F3N3O6/c1-36(2)24-44(34(45)33(36)50-31-8-5-29(22-42)32(18-31)38(39,40)41)23-25-3-6-30(7-4-25)49-14-13-48-12-11-47-10-9-43-35(46)37-19-26-15-27(20-37)17-28(16-26)21-37/h3-8,18,26-28,33H,9-17,19-21,23-24H2,1-2H3,(H,43,46)/t26?,27?,28?,33-,37?/m0/s1. The summed E-state index contributed by atoms with van der Waals surface area (Å²) in [5.74, 6) is 2.67. The zero-order chi connectivity index (χ0) is 35.5. The number of nitriles is 1. The van der Waals surface area contributed by atoms with E-state index in [9.17, 15) is 22.8 Å². The second-order valence-corrected chi connectivity index (χ2v) is 15.2. The summed E-state index contributed by atoms with van der Waals surface area (Å²) in [6, 6.07) is 12.0.